The molecule has 15 atom stereocenters. The Morgan fingerprint density at radius 3 is 1.76 bits per heavy atom. The average Bonchev–Trinajstić information content (AvgIpc) is 3.28. The van der Waals surface area contributed by atoms with Crippen LogP contribution in [0.25, 0.3) is 41.8 Å². The highest BCUT2D eigenvalue weighted by Crippen LogP contribution is 2.37. The van der Waals surface area contributed by atoms with Crippen LogP contribution in [0.3, 0.4) is 0 Å². The summed E-state index contributed by atoms with van der Waals surface area (Å²) in [4.78, 5) is 11.3. The molecule has 0 unspecified atom stereocenters. The fourth-order valence-corrected chi connectivity index (χ4v) is 7.96. The summed E-state index contributed by atoms with van der Waals surface area (Å²) in [6.07, 6.45) is -9.17. The molecular weight excluding hydrogens is 809 g/mol. The predicted octanol–water partition coefficient (Wildman–Crippen LogP) is 6.98. The topological polar surface area (TPSA) is 320 Å². The third kappa shape index (κ3) is 13.2. The van der Waals surface area contributed by atoms with E-state index in [1.807, 2.05) is 67.6 Å². The van der Waals surface area contributed by atoms with E-state index >= 15 is 0 Å². The van der Waals surface area contributed by atoms with E-state index in [4.69, 9.17) is 38.7 Å². The summed E-state index contributed by atoms with van der Waals surface area (Å²) in [5, 5.41) is 48.5. The van der Waals surface area contributed by atoms with Gasteiger partial charge < -0.3 is 48.5 Å². The van der Waals surface area contributed by atoms with Gasteiger partial charge in [0.1, 0.15) is 36.6 Å². The second-order valence-corrected chi connectivity index (χ2v) is 15.4. The fraction of sp³-hybridized carbons (Fsp3) is 0.700. The van der Waals surface area contributed by atoms with Gasteiger partial charge in [0.2, 0.25) is 0 Å². The molecule has 2 heterocycles. The van der Waals surface area contributed by atoms with Crippen LogP contribution in [0.2, 0.25) is 0 Å². The summed E-state index contributed by atoms with van der Waals surface area (Å²) in [7, 11) is 0. The van der Waals surface area contributed by atoms with Crippen molar-refractivity contribution in [2.45, 2.75) is 164 Å². The lowest BCUT2D eigenvalue weighted by molar-refractivity contribution is -0.342. The van der Waals surface area contributed by atoms with Gasteiger partial charge in [-0.2, -0.15) is 0 Å². The van der Waals surface area contributed by atoms with Gasteiger partial charge in [-0.05, 0) is 53.0 Å². The van der Waals surface area contributed by atoms with Gasteiger partial charge in [0.25, 0.3) is 0 Å². The SMILES string of the molecule is CCCCCCCCO[C@H]1[C@H](OCc2ccccc2)[C@@H](OCc2ccccc2)[C@@H](O[C@@H]2[C@@H](O)[C@H](O[C@H]3O[C@H](CN=[N+]=[N-])[C@@H](O)[C@H](O)[C@H]3N=[N+]=[N-])[C@@H](N=[N+]=[N-])C[C@H]2N=[N+]=[N-])O[C@@H]1C. The van der Waals surface area contributed by atoms with Gasteiger partial charge in [-0.25, -0.2) is 0 Å². The van der Waals surface area contributed by atoms with E-state index in [9.17, 15) is 31.9 Å². The summed E-state index contributed by atoms with van der Waals surface area (Å²) in [5.74, 6) is 0. The molecule has 0 amide bonds. The van der Waals surface area contributed by atoms with Crippen LogP contribution in [0, 0.1) is 0 Å². The molecule has 3 fully saturated rings. The maximum atomic E-state index is 12.2. The Labute approximate surface area is 358 Å². The Bertz CT molecular complexity index is 1850. The molecule has 22 nitrogen and oxygen atoms in total. The first-order valence-electron chi connectivity index (χ1n) is 21.0. The second-order valence-electron chi connectivity index (χ2n) is 15.4. The molecule has 3 aliphatic rings. The summed E-state index contributed by atoms with van der Waals surface area (Å²) in [5.41, 5.74) is 39.2. The van der Waals surface area contributed by atoms with Gasteiger partial charge in [-0.3, -0.25) is 0 Å². The number of aliphatic hydroxyl groups is 3. The normalized spacial score (nSPS) is 33.2. The second kappa shape index (κ2) is 25.4. The maximum absolute atomic E-state index is 12.2. The zero-order valence-electron chi connectivity index (χ0n) is 34.8. The minimum atomic E-state index is -1.76. The number of aliphatic hydroxyl groups excluding tert-OH is 3. The van der Waals surface area contributed by atoms with E-state index in [0.717, 1.165) is 43.2 Å². The highest BCUT2D eigenvalue weighted by atomic mass is 16.7. The van der Waals surface area contributed by atoms with E-state index in [-0.39, 0.29) is 19.6 Å². The van der Waals surface area contributed by atoms with Crippen LogP contribution >= 0.6 is 0 Å². The maximum Gasteiger partial charge on any atom is 0.187 e. The Hall–Kier alpha value is -4.72. The lowest BCUT2D eigenvalue weighted by Gasteiger charge is -2.49. The quantitative estimate of drug-likeness (QED) is 0.0445. The molecule has 2 aromatic carbocycles. The molecule has 0 radical (unpaired) electrons. The van der Waals surface area contributed by atoms with Crippen LogP contribution in [0.5, 0.6) is 0 Å². The van der Waals surface area contributed by atoms with Crippen LogP contribution in [-0.4, -0.2) is 120 Å². The molecular formula is C40H56N12O10. The van der Waals surface area contributed by atoms with Crippen molar-refractivity contribution in [2.24, 2.45) is 20.5 Å². The number of hydrogen-bond acceptors (Lipinski definition) is 14. The van der Waals surface area contributed by atoms with Crippen molar-refractivity contribution < 1.29 is 48.5 Å². The molecule has 0 aromatic heterocycles. The number of hydrogen-bond donors (Lipinski definition) is 3. The number of rotatable bonds is 23. The van der Waals surface area contributed by atoms with Crippen molar-refractivity contribution in [2.75, 3.05) is 13.2 Å². The summed E-state index contributed by atoms with van der Waals surface area (Å²) < 4.78 is 45.1. The van der Waals surface area contributed by atoms with Crippen LogP contribution in [0.4, 0.5) is 0 Å². The van der Waals surface area contributed by atoms with Crippen LogP contribution in [0.15, 0.2) is 81.1 Å². The van der Waals surface area contributed by atoms with E-state index in [2.05, 4.69) is 47.0 Å². The Kier molecular flexibility index (Phi) is 19.8. The van der Waals surface area contributed by atoms with Crippen molar-refractivity contribution in [3.8, 4) is 0 Å². The Morgan fingerprint density at radius 2 is 1.18 bits per heavy atom. The van der Waals surface area contributed by atoms with E-state index in [1.165, 1.54) is 6.42 Å². The molecule has 1 aliphatic carbocycles. The third-order valence-corrected chi connectivity index (χ3v) is 11.2. The van der Waals surface area contributed by atoms with Crippen molar-refractivity contribution >= 4 is 0 Å². The molecule has 2 aromatic rings. The number of azide groups is 4. The van der Waals surface area contributed by atoms with Crippen molar-refractivity contribution in [1.82, 2.24) is 0 Å². The smallest absolute Gasteiger partial charge is 0.187 e. The molecule has 22 heteroatoms. The van der Waals surface area contributed by atoms with Gasteiger partial charge in [-0.15, -0.1) is 0 Å². The number of unbranched alkanes of at least 4 members (excludes halogenated alkanes) is 5. The first-order valence-corrected chi connectivity index (χ1v) is 21.0. The molecule has 5 rings (SSSR count). The van der Waals surface area contributed by atoms with Crippen LogP contribution < -0.4 is 0 Å². The Balaban J connectivity index is 1.47. The molecule has 1 saturated carbocycles. The van der Waals surface area contributed by atoms with Gasteiger partial charge in [0, 0.05) is 26.3 Å². The Morgan fingerprint density at radius 1 is 0.613 bits per heavy atom. The first kappa shape index (κ1) is 48.3. The minimum absolute atomic E-state index is 0.112. The van der Waals surface area contributed by atoms with Gasteiger partial charge in [-0.1, -0.05) is 120 Å². The van der Waals surface area contributed by atoms with Gasteiger partial charge >= 0.3 is 0 Å². The summed E-state index contributed by atoms with van der Waals surface area (Å²) in [6, 6.07) is 15.1. The van der Waals surface area contributed by atoms with Gasteiger partial charge in [0.15, 0.2) is 12.6 Å². The molecule has 62 heavy (non-hydrogen) atoms. The van der Waals surface area contributed by atoms with E-state index in [0.29, 0.717) is 6.61 Å². The summed E-state index contributed by atoms with van der Waals surface area (Å²) >= 11 is 0. The molecule has 2 aliphatic heterocycles. The largest absolute Gasteiger partial charge is 0.390 e. The number of nitrogens with zero attached hydrogens (tertiary/aromatic N) is 12. The highest BCUT2D eigenvalue weighted by Gasteiger charge is 2.54. The van der Waals surface area contributed by atoms with Crippen LogP contribution in [-0.2, 0) is 46.4 Å². The molecule has 0 spiro atoms. The third-order valence-electron chi connectivity index (χ3n) is 11.2. The lowest BCUT2D eigenvalue weighted by atomic mass is 9.84. The van der Waals surface area contributed by atoms with Crippen LogP contribution in [0.1, 0.15) is 69.9 Å². The number of benzene rings is 2. The van der Waals surface area contributed by atoms with E-state index in [1.54, 1.807) is 0 Å². The van der Waals surface area contributed by atoms with Crippen molar-refractivity contribution in [3.63, 3.8) is 0 Å². The minimum Gasteiger partial charge on any atom is -0.390 e. The average molecular weight is 865 g/mol. The fourth-order valence-electron chi connectivity index (χ4n) is 7.96. The van der Waals surface area contributed by atoms with E-state index < -0.39 is 98.3 Å². The molecule has 0 bridgehead atoms. The van der Waals surface area contributed by atoms with Crippen molar-refractivity contribution in [3.05, 3.63) is 114 Å². The van der Waals surface area contributed by atoms with Gasteiger partial charge in [0.05, 0.1) is 62.4 Å². The predicted molar refractivity (Wildman–Crippen MR) is 221 cm³/mol. The van der Waals surface area contributed by atoms with Crippen molar-refractivity contribution in [1.29, 1.82) is 0 Å². The lowest BCUT2D eigenvalue weighted by Crippen LogP contribution is -2.65. The molecule has 3 N–H and O–H groups in total. The highest BCUT2D eigenvalue weighted by molar-refractivity contribution is 5.15. The summed E-state index contributed by atoms with van der Waals surface area (Å²) in [6.45, 7) is 4.31. The monoisotopic (exact) mass is 864 g/mol. The number of ether oxygens (including phenoxy) is 7. The first-order chi connectivity index (χ1) is 30.2. The molecule has 2 saturated heterocycles. The molecule has 336 valence electrons. The standard InChI is InChI=1S/C40H56N12O10/c1-3-4-5-6-7-14-19-56-34-24(2)59-40(38(58-23-26-17-12-9-13-18-26)37(34)57-22-25-15-10-8-11-16-25)62-36-28(47-51-43)20-27(46-50-42)35(33(36)55)61-39-30(48-52-44)32(54)31(53)29(60-39)21-45-49-41/h8-13,15-18,24,27-40,53-55H,3-7,14,19-23H2,1-2H3/t24-,27+,28-,29-,30-,31-,32-,33+,34-,35-,36+,37+,38-,39-,40-/m1/s1. The zero-order valence-corrected chi connectivity index (χ0v) is 34.8. The zero-order chi connectivity index (χ0) is 44.3.